The molecule has 2 rings (SSSR count). The number of hydrogen-bond acceptors (Lipinski definition) is 4. The summed E-state index contributed by atoms with van der Waals surface area (Å²) in [6.07, 6.45) is 0. The van der Waals surface area contributed by atoms with Crippen LogP contribution in [0.15, 0.2) is 34.5 Å². The first-order valence-electron chi connectivity index (χ1n) is 6.51. The lowest BCUT2D eigenvalue weighted by Crippen LogP contribution is -2.12. The molecule has 0 aliphatic heterocycles. The van der Waals surface area contributed by atoms with E-state index in [4.69, 9.17) is 11.6 Å². The van der Waals surface area contributed by atoms with Crippen molar-refractivity contribution in [3.63, 3.8) is 0 Å². The van der Waals surface area contributed by atoms with Crippen molar-refractivity contribution in [2.75, 3.05) is 11.3 Å². The third-order valence-electron chi connectivity index (χ3n) is 2.92. The Bertz CT molecular complexity index is 726. The minimum absolute atomic E-state index is 0.299. The van der Waals surface area contributed by atoms with Crippen LogP contribution in [0.2, 0.25) is 5.02 Å². The van der Waals surface area contributed by atoms with E-state index in [1.54, 1.807) is 30.3 Å². The topological polar surface area (TPSA) is 58.2 Å². The zero-order valence-corrected chi connectivity index (χ0v) is 14.2. The molecule has 1 aromatic carbocycles. The molecule has 0 saturated heterocycles. The van der Waals surface area contributed by atoms with Gasteiger partial charge >= 0.3 is 0 Å². The fourth-order valence-corrected chi connectivity index (χ4v) is 4.65. The summed E-state index contributed by atoms with van der Waals surface area (Å²) in [4.78, 5) is 1.02. The van der Waals surface area contributed by atoms with E-state index in [0.29, 0.717) is 21.5 Å². The van der Waals surface area contributed by atoms with Gasteiger partial charge in [0, 0.05) is 11.4 Å². The molecule has 7 heteroatoms. The Morgan fingerprint density at radius 1 is 1.29 bits per heavy atom. The number of hydrogen-bond donors (Lipinski definition) is 2. The van der Waals surface area contributed by atoms with E-state index >= 15 is 0 Å². The van der Waals surface area contributed by atoms with Crippen molar-refractivity contribution in [3.8, 4) is 0 Å². The second-order valence-corrected chi connectivity index (χ2v) is 7.99. The molecule has 0 bridgehead atoms. The molecule has 0 unspecified atom stereocenters. The second-order valence-electron chi connectivity index (χ2n) is 4.54. The van der Waals surface area contributed by atoms with Crippen LogP contribution in [0.1, 0.15) is 17.4 Å². The van der Waals surface area contributed by atoms with Gasteiger partial charge in [0.15, 0.2) is 0 Å². The summed E-state index contributed by atoms with van der Waals surface area (Å²) in [6.45, 7) is 5.45. The van der Waals surface area contributed by atoms with Crippen molar-refractivity contribution < 1.29 is 8.42 Å². The number of aryl methyl sites for hydroxylation is 1. The molecule has 0 amide bonds. The molecule has 2 N–H and O–H groups in total. The fraction of sp³-hybridized carbons (Fsp3) is 0.286. The largest absolute Gasteiger partial charge is 0.312 e. The average Bonchev–Trinajstić information content (AvgIpc) is 2.81. The van der Waals surface area contributed by atoms with Crippen molar-refractivity contribution >= 4 is 38.6 Å². The quantitative estimate of drug-likeness (QED) is 0.841. The zero-order chi connectivity index (χ0) is 15.5. The maximum Gasteiger partial charge on any atom is 0.271 e. The molecule has 0 spiro atoms. The monoisotopic (exact) mass is 344 g/mol. The van der Waals surface area contributed by atoms with Crippen LogP contribution in [-0.4, -0.2) is 15.0 Å². The van der Waals surface area contributed by atoms with E-state index in [-0.39, 0.29) is 0 Å². The molecule has 1 heterocycles. The lowest BCUT2D eigenvalue weighted by molar-refractivity contribution is 0.603. The van der Waals surface area contributed by atoms with Crippen LogP contribution in [0, 0.1) is 6.92 Å². The summed E-state index contributed by atoms with van der Waals surface area (Å²) >= 11 is 7.26. The molecule has 2 aromatic rings. The molecule has 0 aliphatic rings. The first-order chi connectivity index (χ1) is 9.94. The molecule has 4 nitrogen and oxygen atoms in total. The third kappa shape index (κ3) is 3.97. The van der Waals surface area contributed by atoms with Crippen LogP contribution in [-0.2, 0) is 16.6 Å². The predicted octanol–water partition coefficient (Wildman–Crippen LogP) is 3.62. The smallest absolute Gasteiger partial charge is 0.271 e. The summed E-state index contributed by atoms with van der Waals surface area (Å²) in [5.41, 5.74) is 1.36. The van der Waals surface area contributed by atoms with Crippen LogP contribution in [0.5, 0.6) is 0 Å². The van der Waals surface area contributed by atoms with Gasteiger partial charge in [-0.15, -0.1) is 11.3 Å². The molecule has 0 atom stereocenters. The lowest BCUT2D eigenvalue weighted by atomic mass is 10.3. The summed E-state index contributed by atoms with van der Waals surface area (Å²) in [6, 6.07) is 8.47. The minimum atomic E-state index is -3.61. The Morgan fingerprint density at radius 2 is 2.00 bits per heavy atom. The summed E-state index contributed by atoms with van der Waals surface area (Å²) in [5.74, 6) is 0. The van der Waals surface area contributed by atoms with Gasteiger partial charge in [-0.05, 0) is 37.2 Å². The molecule has 0 radical (unpaired) electrons. The van der Waals surface area contributed by atoms with Gasteiger partial charge < -0.3 is 5.32 Å². The number of benzene rings is 1. The van der Waals surface area contributed by atoms with Crippen LogP contribution < -0.4 is 10.0 Å². The Balaban J connectivity index is 2.26. The highest BCUT2D eigenvalue weighted by Crippen LogP contribution is 2.29. The number of sulfonamides is 1. The number of rotatable bonds is 6. The van der Waals surface area contributed by atoms with Crippen molar-refractivity contribution in [1.82, 2.24) is 5.32 Å². The van der Waals surface area contributed by atoms with Gasteiger partial charge in [-0.25, -0.2) is 8.42 Å². The number of nitrogens with one attached hydrogen (secondary N) is 2. The third-order valence-corrected chi connectivity index (χ3v) is 6.32. The normalized spacial score (nSPS) is 11.6. The van der Waals surface area contributed by atoms with Gasteiger partial charge in [0.05, 0.1) is 10.7 Å². The number of halogens is 1. The van der Waals surface area contributed by atoms with Crippen LogP contribution in [0.3, 0.4) is 0 Å². The molecule has 0 saturated carbocycles. The van der Waals surface area contributed by atoms with Gasteiger partial charge in [-0.1, -0.05) is 30.7 Å². The maximum atomic E-state index is 12.4. The van der Waals surface area contributed by atoms with Crippen molar-refractivity contribution in [2.45, 2.75) is 24.6 Å². The van der Waals surface area contributed by atoms with E-state index < -0.39 is 10.0 Å². The predicted molar refractivity (Wildman–Crippen MR) is 88.7 cm³/mol. The van der Waals surface area contributed by atoms with Crippen molar-refractivity contribution in [3.05, 3.63) is 45.8 Å². The molecule has 114 valence electrons. The zero-order valence-electron chi connectivity index (χ0n) is 11.8. The van der Waals surface area contributed by atoms with E-state index in [2.05, 4.69) is 10.0 Å². The highest BCUT2D eigenvalue weighted by molar-refractivity contribution is 7.94. The number of thiophene rings is 1. The summed E-state index contributed by atoms with van der Waals surface area (Å²) < 4.78 is 27.7. The van der Waals surface area contributed by atoms with Gasteiger partial charge in [-0.2, -0.15) is 0 Å². The van der Waals surface area contributed by atoms with Crippen LogP contribution >= 0.6 is 22.9 Å². The Hall–Kier alpha value is -1.08. The van der Waals surface area contributed by atoms with Gasteiger partial charge in [0.2, 0.25) is 0 Å². The molecule has 0 aliphatic carbocycles. The first-order valence-corrected chi connectivity index (χ1v) is 9.19. The highest BCUT2D eigenvalue weighted by atomic mass is 35.5. The van der Waals surface area contributed by atoms with Gasteiger partial charge in [0.25, 0.3) is 10.0 Å². The molecular formula is C14H17ClN2O2S2. The van der Waals surface area contributed by atoms with E-state index in [0.717, 1.165) is 17.0 Å². The standard InChI is InChI=1S/C14H17ClN2O2S2/c1-3-16-9-13-10(2)8-14(20-13)21(18,19)17-12-7-5-4-6-11(12)15/h4-8,16-17H,3,9H2,1-2H3. The SMILES string of the molecule is CCNCc1sc(S(=O)(=O)Nc2ccccc2Cl)cc1C. The Labute approximate surface area is 134 Å². The highest BCUT2D eigenvalue weighted by Gasteiger charge is 2.19. The Morgan fingerprint density at radius 3 is 2.67 bits per heavy atom. The van der Waals surface area contributed by atoms with Crippen LogP contribution in [0.4, 0.5) is 5.69 Å². The summed E-state index contributed by atoms with van der Waals surface area (Å²) in [7, 11) is -3.61. The average molecular weight is 345 g/mol. The van der Waals surface area contributed by atoms with Gasteiger partial charge in [-0.3, -0.25) is 4.72 Å². The molecule has 0 fully saturated rings. The van der Waals surface area contributed by atoms with E-state index in [9.17, 15) is 8.42 Å². The summed E-state index contributed by atoms with van der Waals surface area (Å²) in [5, 5.41) is 3.58. The van der Waals surface area contributed by atoms with Crippen molar-refractivity contribution in [2.24, 2.45) is 0 Å². The maximum absolute atomic E-state index is 12.4. The van der Waals surface area contributed by atoms with Crippen molar-refractivity contribution in [1.29, 1.82) is 0 Å². The van der Waals surface area contributed by atoms with Crippen LogP contribution in [0.25, 0.3) is 0 Å². The minimum Gasteiger partial charge on any atom is -0.312 e. The van der Waals surface area contributed by atoms with E-state index in [1.807, 2.05) is 13.8 Å². The Kier molecular flexibility index (Phi) is 5.27. The molecule has 21 heavy (non-hydrogen) atoms. The van der Waals surface area contributed by atoms with E-state index in [1.165, 1.54) is 11.3 Å². The molecular weight excluding hydrogens is 328 g/mol. The number of anilines is 1. The lowest BCUT2D eigenvalue weighted by Gasteiger charge is -2.07. The fourth-order valence-electron chi connectivity index (χ4n) is 1.77. The number of para-hydroxylation sites is 1. The second kappa shape index (κ2) is 6.79. The molecule has 1 aromatic heterocycles. The first kappa shape index (κ1) is 16.3. The van der Waals surface area contributed by atoms with Gasteiger partial charge in [0.1, 0.15) is 4.21 Å².